The number of para-hydroxylation sites is 2. The van der Waals surface area contributed by atoms with Crippen molar-refractivity contribution in [3.8, 4) is 0 Å². The van der Waals surface area contributed by atoms with E-state index < -0.39 is 28.8 Å². The number of hydrogen-bond donors (Lipinski definition) is 1. The SMILES string of the molecule is CCCCCc1ccc(C(=O)[C@H]2[C@@H](C(=O)C(C)(C)C)N3c4ccccc4C(C)=C[C@@H]3[C@]23C(=O)Nc2ccccc23)cc1. The highest BCUT2D eigenvalue weighted by atomic mass is 16.2. The molecule has 3 aromatic rings. The van der Waals surface area contributed by atoms with Crippen LogP contribution in [0.2, 0.25) is 0 Å². The number of fused-ring (bicyclic) bond motifs is 6. The van der Waals surface area contributed by atoms with Crippen LogP contribution in [0.25, 0.3) is 5.57 Å². The number of amides is 1. The van der Waals surface area contributed by atoms with Crippen molar-refractivity contribution in [3.63, 3.8) is 0 Å². The fraction of sp³-hybridized carbons (Fsp3) is 0.378. The van der Waals surface area contributed by atoms with Crippen LogP contribution in [0.3, 0.4) is 0 Å². The van der Waals surface area contributed by atoms with Crippen LogP contribution < -0.4 is 10.2 Å². The van der Waals surface area contributed by atoms with Gasteiger partial charge in [-0.05, 0) is 48.6 Å². The maximum absolute atomic E-state index is 14.9. The Bertz CT molecular complexity index is 1600. The van der Waals surface area contributed by atoms with Gasteiger partial charge >= 0.3 is 0 Å². The number of aryl methyl sites for hydroxylation is 1. The third-order valence-electron chi connectivity index (χ3n) is 9.48. The number of carbonyl (C=O) groups excluding carboxylic acids is 3. The summed E-state index contributed by atoms with van der Waals surface area (Å²) in [4.78, 5) is 46.1. The average Bonchev–Trinajstić information content (AvgIpc) is 3.44. The van der Waals surface area contributed by atoms with Crippen molar-refractivity contribution < 1.29 is 14.4 Å². The first-order chi connectivity index (χ1) is 20.1. The molecule has 1 fully saturated rings. The monoisotopic (exact) mass is 560 g/mol. The summed E-state index contributed by atoms with van der Waals surface area (Å²) in [7, 11) is 0. The smallest absolute Gasteiger partial charge is 0.238 e. The molecule has 3 aliphatic heterocycles. The molecular weight excluding hydrogens is 520 g/mol. The number of unbranched alkanes of at least 4 members (excludes halogenated alkanes) is 2. The summed E-state index contributed by atoms with van der Waals surface area (Å²) in [5.74, 6) is -1.35. The number of ketones is 2. The Labute approximate surface area is 249 Å². The molecule has 3 aliphatic rings. The zero-order valence-electron chi connectivity index (χ0n) is 25.2. The van der Waals surface area contributed by atoms with Gasteiger partial charge in [0, 0.05) is 27.9 Å². The van der Waals surface area contributed by atoms with E-state index in [2.05, 4.69) is 36.2 Å². The molecule has 1 amide bonds. The lowest BCUT2D eigenvalue weighted by Gasteiger charge is -2.39. The Morgan fingerprint density at radius 2 is 1.62 bits per heavy atom. The molecule has 0 saturated carbocycles. The molecule has 42 heavy (non-hydrogen) atoms. The molecule has 1 spiro atoms. The number of rotatable bonds is 7. The molecule has 0 radical (unpaired) electrons. The normalized spacial score (nSPS) is 24.1. The standard InChI is InChI=1S/C37H40N2O3/c1-6-7-8-13-24-18-20-25(21-19-24)33(40)31-32(34(41)36(3,4)5)39-29-17-12-9-14-26(29)23(2)22-30(39)37(31)27-15-10-11-16-28(27)38-35(37)42/h9-12,14-22,30-32H,6-8,13H2,1-5H3,(H,38,42)/t30-,31-,32+,37+/m1/s1. The summed E-state index contributed by atoms with van der Waals surface area (Å²) in [5, 5.41) is 3.12. The van der Waals surface area contributed by atoms with Crippen molar-refractivity contribution in [3.05, 3.63) is 101 Å². The fourth-order valence-electron chi connectivity index (χ4n) is 7.43. The highest BCUT2D eigenvalue weighted by Gasteiger charge is 2.71. The zero-order chi connectivity index (χ0) is 29.8. The molecule has 1 N–H and O–H groups in total. The van der Waals surface area contributed by atoms with Crippen molar-refractivity contribution in [1.29, 1.82) is 0 Å². The minimum absolute atomic E-state index is 0.0427. The minimum Gasteiger partial charge on any atom is -0.352 e. The van der Waals surface area contributed by atoms with E-state index in [0.29, 0.717) is 11.3 Å². The largest absolute Gasteiger partial charge is 0.352 e. The first-order valence-corrected chi connectivity index (χ1v) is 15.2. The van der Waals surface area contributed by atoms with Crippen LogP contribution in [0.1, 0.15) is 80.9 Å². The molecule has 3 aromatic carbocycles. The lowest BCUT2D eigenvalue weighted by molar-refractivity contribution is -0.128. The number of anilines is 2. The van der Waals surface area contributed by atoms with Crippen molar-refractivity contribution in [1.82, 2.24) is 0 Å². The van der Waals surface area contributed by atoms with E-state index in [1.807, 2.05) is 87.5 Å². The average molecular weight is 561 g/mol. The van der Waals surface area contributed by atoms with Crippen LogP contribution in [-0.4, -0.2) is 29.6 Å². The molecule has 0 aromatic heterocycles. The van der Waals surface area contributed by atoms with Gasteiger partial charge < -0.3 is 10.2 Å². The molecule has 216 valence electrons. The molecule has 0 bridgehead atoms. The minimum atomic E-state index is -1.27. The number of allylic oxidation sites excluding steroid dienone is 1. The number of carbonyl (C=O) groups is 3. The first kappa shape index (κ1) is 28.1. The van der Waals surface area contributed by atoms with Gasteiger partial charge in [-0.25, -0.2) is 0 Å². The van der Waals surface area contributed by atoms with Gasteiger partial charge in [0.2, 0.25) is 5.91 Å². The topological polar surface area (TPSA) is 66.5 Å². The second-order valence-corrected chi connectivity index (χ2v) is 13.1. The van der Waals surface area contributed by atoms with E-state index >= 15 is 0 Å². The van der Waals surface area contributed by atoms with Gasteiger partial charge in [0.25, 0.3) is 0 Å². The van der Waals surface area contributed by atoms with Gasteiger partial charge in [0.15, 0.2) is 11.6 Å². The molecule has 5 heteroatoms. The molecule has 4 atom stereocenters. The van der Waals surface area contributed by atoms with E-state index in [0.717, 1.165) is 41.6 Å². The lowest BCUT2D eigenvalue weighted by atomic mass is 9.63. The van der Waals surface area contributed by atoms with Gasteiger partial charge in [-0.1, -0.05) is 107 Å². The van der Waals surface area contributed by atoms with Crippen LogP contribution in [-0.2, 0) is 21.4 Å². The van der Waals surface area contributed by atoms with Gasteiger partial charge in [-0.3, -0.25) is 14.4 Å². The van der Waals surface area contributed by atoms with Crippen molar-refractivity contribution in [2.24, 2.45) is 11.3 Å². The van der Waals surface area contributed by atoms with Crippen LogP contribution in [0, 0.1) is 11.3 Å². The molecule has 6 rings (SSSR count). The molecular formula is C37H40N2O3. The van der Waals surface area contributed by atoms with E-state index in [1.165, 1.54) is 12.0 Å². The third kappa shape index (κ3) is 4.16. The Hall–Kier alpha value is -3.99. The van der Waals surface area contributed by atoms with Crippen molar-refractivity contribution >= 4 is 34.4 Å². The summed E-state index contributed by atoms with van der Waals surface area (Å²) in [5.41, 5.74) is 4.17. The molecule has 1 saturated heterocycles. The number of Topliss-reactive ketones (excluding diaryl/α,β-unsaturated/α-hetero) is 2. The summed E-state index contributed by atoms with van der Waals surface area (Å²) < 4.78 is 0. The fourth-order valence-corrected chi connectivity index (χ4v) is 7.43. The molecule has 3 heterocycles. The number of benzene rings is 3. The van der Waals surface area contributed by atoms with Gasteiger partial charge in [0.1, 0.15) is 11.5 Å². The maximum atomic E-state index is 14.9. The van der Waals surface area contributed by atoms with Crippen LogP contribution in [0.5, 0.6) is 0 Å². The summed E-state index contributed by atoms with van der Waals surface area (Å²) in [6, 6.07) is 22.2. The highest BCUT2D eigenvalue weighted by Crippen LogP contribution is 2.59. The third-order valence-corrected chi connectivity index (χ3v) is 9.48. The summed E-state index contributed by atoms with van der Waals surface area (Å²) in [6.07, 6.45) is 6.50. The number of nitrogens with zero attached hydrogens (tertiary/aromatic N) is 1. The van der Waals surface area contributed by atoms with E-state index in [-0.39, 0.29) is 17.5 Å². The predicted octanol–water partition coefficient (Wildman–Crippen LogP) is 7.40. The van der Waals surface area contributed by atoms with Crippen LogP contribution in [0.4, 0.5) is 11.4 Å². The predicted molar refractivity (Wildman–Crippen MR) is 169 cm³/mol. The zero-order valence-corrected chi connectivity index (χ0v) is 25.2. The Morgan fingerprint density at radius 1 is 0.929 bits per heavy atom. The number of hydrogen-bond acceptors (Lipinski definition) is 4. The second-order valence-electron chi connectivity index (χ2n) is 13.1. The Kier molecular flexibility index (Phi) is 6.95. The van der Waals surface area contributed by atoms with Crippen molar-refractivity contribution in [2.45, 2.75) is 77.8 Å². The maximum Gasteiger partial charge on any atom is 0.238 e. The van der Waals surface area contributed by atoms with Gasteiger partial charge in [0.05, 0.1) is 12.0 Å². The summed E-state index contributed by atoms with van der Waals surface area (Å²) in [6.45, 7) is 9.95. The second kappa shape index (κ2) is 10.4. The van der Waals surface area contributed by atoms with Crippen LogP contribution >= 0.6 is 0 Å². The summed E-state index contributed by atoms with van der Waals surface area (Å²) >= 11 is 0. The number of nitrogens with one attached hydrogen (secondary N) is 1. The Balaban J connectivity index is 1.59. The lowest BCUT2D eigenvalue weighted by Crippen LogP contribution is -2.51. The van der Waals surface area contributed by atoms with Gasteiger partial charge in [-0.15, -0.1) is 0 Å². The van der Waals surface area contributed by atoms with E-state index in [1.54, 1.807) is 0 Å². The van der Waals surface area contributed by atoms with E-state index in [9.17, 15) is 14.4 Å². The molecule has 5 nitrogen and oxygen atoms in total. The quantitative estimate of drug-likeness (QED) is 0.242. The highest BCUT2D eigenvalue weighted by molar-refractivity contribution is 6.17. The first-order valence-electron chi connectivity index (χ1n) is 15.2. The molecule has 0 unspecified atom stereocenters. The van der Waals surface area contributed by atoms with Gasteiger partial charge in [-0.2, -0.15) is 0 Å². The van der Waals surface area contributed by atoms with Crippen molar-refractivity contribution in [2.75, 3.05) is 10.2 Å². The van der Waals surface area contributed by atoms with E-state index in [4.69, 9.17) is 0 Å². The van der Waals surface area contributed by atoms with Crippen LogP contribution in [0.15, 0.2) is 78.9 Å². The molecule has 0 aliphatic carbocycles. The Morgan fingerprint density at radius 3 is 2.33 bits per heavy atom.